The van der Waals surface area contributed by atoms with Gasteiger partial charge in [-0.05, 0) is 99.9 Å². The SMILES string of the molecule is CC.CCC.CCN(C)SNc1ccc(F)c(Oc2ccc3ncc(C4COC5(CCN(C6CCC(c7cc8c(cc7F)c(N7CCC(=O)NC7=O)nn8C)CC6)CC5)C4)nc3c2)c1C#N. The average Bonchev–Trinajstić information content (AvgIpc) is 3.89. The van der Waals surface area contributed by atoms with E-state index in [9.17, 15) is 14.9 Å². The summed E-state index contributed by atoms with van der Waals surface area (Å²) >= 11 is 1.31. The number of likely N-dealkylation sites (tertiary alicyclic amines) is 1. The second-order valence-electron chi connectivity index (χ2n) is 17.3. The molecule has 4 aliphatic rings. The second-order valence-corrected chi connectivity index (χ2v) is 18.3. The van der Waals surface area contributed by atoms with E-state index in [2.05, 4.69) is 40.0 Å². The first-order chi connectivity index (χ1) is 31.9. The molecule has 4 fully saturated rings. The summed E-state index contributed by atoms with van der Waals surface area (Å²) in [6.45, 7) is 13.7. The number of urea groups is 1. The zero-order valence-corrected chi connectivity index (χ0v) is 39.9. The summed E-state index contributed by atoms with van der Waals surface area (Å²) in [5.74, 6) is -0.519. The number of hydrogen-bond acceptors (Lipinski definition) is 12. The van der Waals surface area contributed by atoms with E-state index in [0.717, 1.165) is 75.8 Å². The highest BCUT2D eigenvalue weighted by molar-refractivity contribution is 7.98. The van der Waals surface area contributed by atoms with Crippen molar-refractivity contribution >= 4 is 57.5 Å². The van der Waals surface area contributed by atoms with Crippen molar-refractivity contribution in [2.45, 2.75) is 116 Å². The van der Waals surface area contributed by atoms with E-state index in [1.807, 2.05) is 44.4 Å². The van der Waals surface area contributed by atoms with Crippen LogP contribution in [0.15, 0.2) is 48.7 Å². The van der Waals surface area contributed by atoms with Gasteiger partial charge in [0.1, 0.15) is 23.2 Å². The number of nitriles is 1. The number of benzene rings is 3. The van der Waals surface area contributed by atoms with E-state index in [4.69, 9.17) is 19.4 Å². The van der Waals surface area contributed by atoms with Crippen LogP contribution in [0.2, 0.25) is 0 Å². The molecule has 1 aliphatic carbocycles. The molecule has 3 saturated heterocycles. The molecule has 0 radical (unpaired) electrons. The van der Waals surface area contributed by atoms with Gasteiger partial charge in [0.05, 0.1) is 40.1 Å². The summed E-state index contributed by atoms with van der Waals surface area (Å²) in [5.41, 5.74) is 3.89. The van der Waals surface area contributed by atoms with Crippen molar-refractivity contribution in [1.29, 1.82) is 5.26 Å². The third-order valence-corrected chi connectivity index (χ3v) is 13.9. The van der Waals surface area contributed by atoms with Crippen molar-refractivity contribution in [1.82, 2.24) is 34.3 Å². The van der Waals surface area contributed by atoms with E-state index >= 15 is 8.78 Å². The Balaban J connectivity index is 0.00000125. The Morgan fingerprint density at radius 1 is 1.00 bits per heavy atom. The fourth-order valence-corrected chi connectivity index (χ4v) is 9.97. The Kier molecular flexibility index (Phi) is 15.8. The molecule has 1 saturated carbocycles. The quantitative estimate of drug-likeness (QED) is 0.128. The van der Waals surface area contributed by atoms with Crippen LogP contribution in [0.5, 0.6) is 11.5 Å². The minimum Gasteiger partial charge on any atom is -0.453 e. The van der Waals surface area contributed by atoms with E-state index in [1.54, 1.807) is 29.9 Å². The number of aryl methyl sites for hydroxylation is 1. The number of nitrogens with zero attached hydrogens (tertiary/aromatic N) is 8. The lowest BCUT2D eigenvalue weighted by molar-refractivity contribution is -0.120. The van der Waals surface area contributed by atoms with Crippen LogP contribution in [0.3, 0.4) is 0 Å². The second kappa shape index (κ2) is 21.5. The maximum absolute atomic E-state index is 15.8. The van der Waals surface area contributed by atoms with Crippen LogP contribution in [0, 0.1) is 23.0 Å². The third-order valence-electron chi connectivity index (χ3n) is 13.0. The van der Waals surface area contributed by atoms with E-state index in [1.165, 1.54) is 41.7 Å². The number of hydrogen-bond donors (Lipinski definition) is 2. The molecule has 1 spiro atoms. The molecule has 2 aromatic heterocycles. The smallest absolute Gasteiger partial charge is 0.329 e. The molecule has 17 heteroatoms. The van der Waals surface area contributed by atoms with Crippen LogP contribution in [0.4, 0.5) is 25.1 Å². The molecule has 9 rings (SSSR count). The van der Waals surface area contributed by atoms with Crippen LogP contribution in [-0.4, -0.2) is 92.4 Å². The Bertz CT molecular complexity index is 2570. The normalized spacial score (nSPS) is 20.7. The number of halogens is 2. The first-order valence-electron chi connectivity index (χ1n) is 23.4. The summed E-state index contributed by atoms with van der Waals surface area (Å²) in [6, 6.07) is 13.4. The minimum absolute atomic E-state index is 0.0711. The number of imide groups is 1. The van der Waals surface area contributed by atoms with Gasteiger partial charge in [-0.3, -0.25) is 24.7 Å². The number of carbonyl (C=O) groups is 2. The van der Waals surface area contributed by atoms with Gasteiger partial charge < -0.3 is 19.1 Å². The number of piperidine rings is 1. The summed E-state index contributed by atoms with van der Waals surface area (Å²) in [6.07, 6.45) is 9.68. The van der Waals surface area contributed by atoms with Gasteiger partial charge in [-0.25, -0.2) is 22.9 Å². The Hall–Kier alpha value is -5.41. The molecule has 3 aromatic carbocycles. The number of carbonyl (C=O) groups excluding carboxylic acids is 2. The fraction of sp³-hybridized carbons (Fsp3) is 0.510. The number of ether oxygens (including phenoxy) is 2. The molecular formula is C49H62F2N10O4S. The Morgan fingerprint density at radius 3 is 2.44 bits per heavy atom. The molecule has 3 aliphatic heterocycles. The zero-order valence-electron chi connectivity index (χ0n) is 39.1. The van der Waals surface area contributed by atoms with Gasteiger partial charge >= 0.3 is 6.03 Å². The summed E-state index contributed by atoms with van der Waals surface area (Å²) < 4.78 is 50.2. The lowest BCUT2D eigenvalue weighted by Gasteiger charge is -2.44. The highest BCUT2D eigenvalue weighted by atomic mass is 32.2. The number of anilines is 2. The number of rotatable bonds is 10. The number of amides is 3. The van der Waals surface area contributed by atoms with Gasteiger partial charge in [0.2, 0.25) is 5.91 Å². The predicted octanol–water partition coefficient (Wildman–Crippen LogP) is 10.3. The Morgan fingerprint density at radius 2 is 1.74 bits per heavy atom. The van der Waals surface area contributed by atoms with Crippen molar-refractivity contribution in [3.63, 3.8) is 0 Å². The molecule has 3 amide bonds. The van der Waals surface area contributed by atoms with Crippen molar-refractivity contribution < 1.29 is 27.8 Å². The first-order valence-corrected chi connectivity index (χ1v) is 24.2. The number of nitrogens with one attached hydrogen (secondary N) is 2. The lowest BCUT2D eigenvalue weighted by atomic mass is 9.79. The van der Waals surface area contributed by atoms with Gasteiger partial charge in [-0.1, -0.05) is 41.0 Å². The van der Waals surface area contributed by atoms with Crippen LogP contribution < -0.4 is 19.7 Å². The van der Waals surface area contributed by atoms with Crippen molar-refractivity contribution in [3.8, 4) is 17.6 Å². The maximum Gasteiger partial charge on any atom is 0.329 e. The molecule has 66 heavy (non-hydrogen) atoms. The predicted molar refractivity (Wildman–Crippen MR) is 256 cm³/mol. The minimum atomic E-state index is -0.638. The van der Waals surface area contributed by atoms with Crippen LogP contribution in [0.1, 0.15) is 121 Å². The van der Waals surface area contributed by atoms with Gasteiger partial charge in [0.25, 0.3) is 0 Å². The van der Waals surface area contributed by atoms with Gasteiger partial charge in [-0.15, -0.1) is 0 Å². The molecule has 14 nitrogen and oxygen atoms in total. The topological polar surface area (TPSA) is 154 Å². The van der Waals surface area contributed by atoms with Crippen LogP contribution in [-0.2, 0) is 16.6 Å². The molecule has 0 bridgehead atoms. The monoisotopic (exact) mass is 924 g/mol. The number of aromatic nitrogens is 4. The van der Waals surface area contributed by atoms with Gasteiger partial charge in [0, 0.05) is 81.4 Å². The standard InChI is InChI=1S/C44H48F2N10O4S.C3H8.C2H6/c1-4-53(2)61-52-35-12-10-33(45)41(32(35)23-47)60-29-9-11-36-37(19-29)49-38(24-48-36)27-22-44(59-25-27)14-17-55(18-15-44)28-7-5-26(6-8-28)30-21-39-31(20-34(30)46)42(51-54(39)3)56-16-13-40(57)50-43(56)58;1-3-2;1-2/h9-12,19-21,24,26-28,52H,4-8,13-18,22,25H2,1-3H3,(H,50,57,58);3H2,1-2H3;1-2H3. The maximum atomic E-state index is 15.8. The highest BCUT2D eigenvalue weighted by Crippen LogP contribution is 2.45. The summed E-state index contributed by atoms with van der Waals surface area (Å²) in [7, 11) is 3.70. The third kappa shape index (κ3) is 10.4. The van der Waals surface area contributed by atoms with E-state index in [0.29, 0.717) is 51.9 Å². The molecule has 1 atom stereocenters. The van der Waals surface area contributed by atoms with Crippen molar-refractivity contribution in [2.24, 2.45) is 7.05 Å². The highest BCUT2D eigenvalue weighted by Gasteiger charge is 2.45. The number of fused-ring (bicyclic) bond motifs is 2. The van der Waals surface area contributed by atoms with E-state index in [-0.39, 0.29) is 53.4 Å². The van der Waals surface area contributed by atoms with Crippen molar-refractivity contribution in [2.75, 3.05) is 49.5 Å². The molecule has 1 unspecified atom stereocenters. The largest absolute Gasteiger partial charge is 0.453 e. The van der Waals surface area contributed by atoms with Gasteiger partial charge in [0.15, 0.2) is 17.4 Å². The van der Waals surface area contributed by atoms with E-state index < -0.39 is 11.8 Å². The zero-order chi connectivity index (χ0) is 47.1. The van der Waals surface area contributed by atoms with Crippen molar-refractivity contribution in [3.05, 3.63) is 77.1 Å². The molecule has 5 heterocycles. The Labute approximate surface area is 390 Å². The fourth-order valence-electron chi connectivity index (χ4n) is 9.41. The molecular weight excluding hydrogens is 863 g/mol. The first kappa shape index (κ1) is 48.5. The molecule has 2 N–H and O–H groups in total. The van der Waals surface area contributed by atoms with Crippen LogP contribution in [0.25, 0.3) is 21.9 Å². The van der Waals surface area contributed by atoms with Crippen LogP contribution >= 0.6 is 12.1 Å². The summed E-state index contributed by atoms with van der Waals surface area (Å²) in [4.78, 5) is 37.9. The average molecular weight is 925 g/mol. The van der Waals surface area contributed by atoms with Gasteiger partial charge in [-0.2, -0.15) is 10.4 Å². The molecule has 5 aromatic rings. The summed E-state index contributed by atoms with van der Waals surface area (Å²) in [5, 5.41) is 17.4. The molecule has 352 valence electrons. The lowest BCUT2D eigenvalue weighted by Crippen LogP contribution is -2.49.